The number of carbonyl (C=O) groups is 1. The van der Waals surface area contributed by atoms with Gasteiger partial charge in [0.15, 0.2) is 5.69 Å². The molecule has 0 fully saturated rings. The minimum absolute atomic E-state index is 0.0238. The van der Waals surface area contributed by atoms with Gasteiger partial charge >= 0.3 is 0 Å². The largest absolute Gasteiger partial charge is 0.505 e. The van der Waals surface area contributed by atoms with Crippen molar-refractivity contribution in [3.63, 3.8) is 0 Å². The molecule has 1 aromatic carbocycles. The van der Waals surface area contributed by atoms with Crippen molar-refractivity contribution in [3.05, 3.63) is 81.0 Å². The summed E-state index contributed by atoms with van der Waals surface area (Å²) in [6, 6.07) is 10.4. The molecule has 0 atom stereocenters. The van der Waals surface area contributed by atoms with Crippen LogP contribution in [0.25, 0.3) is 0 Å². The Kier molecular flexibility index (Phi) is 4.89. The Morgan fingerprint density at radius 2 is 1.96 bits per heavy atom. The fourth-order valence-corrected chi connectivity index (χ4v) is 3.59. The van der Waals surface area contributed by atoms with Gasteiger partial charge in [0.2, 0.25) is 0 Å². The van der Waals surface area contributed by atoms with E-state index in [0.29, 0.717) is 12.1 Å². The van der Waals surface area contributed by atoms with Crippen LogP contribution in [0.5, 0.6) is 5.75 Å². The summed E-state index contributed by atoms with van der Waals surface area (Å²) in [6.45, 7) is 0. The number of hydrogen-bond acceptors (Lipinski definition) is 5. The number of anilines is 1. The van der Waals surface area contributed by atoms with E-state index in [1.807, 2.05) is 18.2 Å². The maximum absolute atomic E-state index is 12.3. The van der Waals surface area contributed by atoms with Gasteiger partial charge in [-0.25, -0.2) is 10.1 Å². The van der Waals surface area contributed by atoms with Crippen LogP contribution in [0.15, 0.2) is 47.4 Å². The number of amides is 1. The Balaban J connectivity index is 1.56. The van der Waals surface area contributed by atoms with Gasteiger partial charge in [-0.2, -0.15) is 5.10 Å². The minimum atomic E-state index is -0.477. The summed E-state index contributed by atoms with van der Waals surface area (Å²) in [5.41, 5.74) is 4.24. The average molecular weight is 376 g/mol. The summed E-state index contributed by atoms with van der Waals surface area (Å²) < 4.78 is 0. The van der Waals surface area contributed by atoms with E-state index >= 15 is 0 Å². The Bertz CT molecular complexity index is 1090. The van der Waals surface area contributed by atoms with Crippen LogP contribution in [-0.2, 0) is 19.3 Å². The number of H-pyrrole nitrogens is 1. The van der Waals surface area contributed by atoms with E-state index < -0.39 is 5.91 Å². The molecular formula is C21H20N4O3. The molecule has 0 unspecified atom stereocenters. The van der Waals surface area contributed by atoms with E-state index in [4.69, 9.17) is 0 Å². The lowest BCUT2D eigenvalue weighted by atomic mass is 9.90. The molecule has 0 saturated heterocycles. The van der Waals surface area contributed by atoms with Crippen LogP contribution >= 0.6 is 0 Å². The van der Waals surface area contributed by atoms with Gasteiger partial charge in [-0.1, -0.05) is 12.1 Å². The van der Waals surface area contributed by atoms with E-state index in [2.05, 4.69) is 20.5 Å². The van der Waals surface area contributed by atoms with E-state index in [0.717, 1.165) is 48.1 Å². The Labute approximate surface area is 161 Å². The van der Waals surface area contributed by atoms with Gasteiger partial charge in [0.1, 0.15) is 5.75 Å². The molecule has 7 heteroatoms. The fourth-order valence-electron chi connectivity index (χ4n) is 3.59. The van der Waals surface area contributed by atoms with Crippen molar-refractivity contribution in [2.75, 3.05) is 5.32 Å². The lowest BCUT2D eigenvalue weighted by Crippen LogP contribution is -2.23. The summed E-state index contributed by atoms with van der Waals surface area (Å²) in [4.78, 5) is 28.3. The highest BCUT2D eigenvalue weighted by atomic mass is 16.3. The fraction of sp³-hybridized carbons (Fsp3) is 0.238. The normalized spacial score (nSPS) is 13.0. The number of pyridine rings is 1. The van der Waals surface area contributed by atoms with Crippen molar-refractivity contribution in [1.82, 2.24) is 15.2 Å². The zero-order valence-electron chi connectivity index (χ0n) is 15.2. The first-order valence-electron chi connectivity index (χ1n) is 9.25. The molecule has 0 bridgehead atoms. The van der Waals surface area contributed by atoms with Crippen molar-refractivity contribution in [1.29, 1.82) is 0 Å². The second-order valence-corrected chi connectivity index (χ2v) is 6.87. The predicted octanol–water partition coefficient (Wildman–Crippen LogP) is 2.59. The van der Waals surface area contributed by atoms with Crippen molar-refractivity contribution in [2.45, 2.75) is 32.1 Å². The maximum atomic E-state index is 12.3. The molecule has 0 radical (unpaired) electrons. The average Bonchev–Trinajstić information content (AvgIpc) is 2.71. The third-order valence-electron chi connectivity index (χ3n) is 4.94. The molecular weight excluding hydrogens is 356 g/mol. The van der Waals surface area contributed by atoms with Crippen molar-refractivity contribution < 1.29 is 9.90 Å². The van der Waals surface area contributed by atoms with Crippen molar-refractivity contribution >= 4 is 11.6 Å². The van der Waals surface area contributed by atoms with Gasteiger partial charge in [-0.15, -0.1) is 0 Å². The van der Waals surface area contributed by atoms with Crippen molar-refractivity contribution in [2.24, 2.45) is 0 Å². The standard InChI is InChI=1S/C21H20N4O3/c26-18-9-4-10-22-19(18)21(28)23-14-6-3-5-13(11-14)12-17-15-7-1-2-8-16(15)20(27)25-24-17/h3-6,9-11,26H,1-2,7-8,12H2,(H,23,28)(H,25,27). The Hall–Kier alpha value is -3.48. The second kappa shape index (κ2) is 7.64. The third kappa shape index (κ3) is 3.64. The van der Waals surface area contributed by atoms with Crippen LogP contribution in [0.2, 0.25) is 0 Å². The van der Waals surface area contributed by atoms with Gasteiger partial charge < -0.3 is 10.4 Å². The number of aromatic nitrogens is 3. The monoisotopic (exact) mass is 376 g/mol. The second-order valence-electron chi connectivity index (χ2n) is 6.87. The smallest absolute Gasteiger partial charge is 0.278 e. The quantitative estimate of drug-likeness (QED) is 0.649. The van der Waals surface area contributed by atoms with E-state index in [1.165, 1.54) is 12.3 Å². The summed E-state index contributed by atoms with van der Waals surface area (Å²) >= 11 is 0. The van der Waals surface area contributed by atoms with Crippen molar-refractivity contribution in [3.8, 4) is 5.75 Å². The highest BCUT2D eigenvalue weighted by Crippen LogP contribution is 2.23. The highest BCUT2D eigenvalue weighted by molar-refractivity contribution is 6.04. The molecule has 2 heterocycles. The lowest BCUT2D eigenvalue weighted by Gasteiger charge is -2.17. The molecule has 0 spiro atoms. The number of aromatic amines is 1. The number of carbonyl (C=O) groups excluding carboxylic acids is 1. The van der Waals surface area contributed by atoms with Gasteiger partial charge in [-0.3, -0.25) is 9.59 Å². The molecule has 0 saturated carbocycles. The van der Waals surface area contributed by atoms with Gasteiger partial charge in [-0.05, 0) is 61.1 Å². The van der Waals surface area contributed by atoms with Crippen LogP contribution in [0.3, 0.4) is 0 Å². The zero-order chi connectivity index (χ0) is 19.5. The van der Waals surface area contributed by atoms with Crippen LogP contribution in [0.1, 0.15) is 45.7 Å². The first-order valence-corrected chi connectivity index (χ1v) is 9.25. The summed E-state index contributed by atoms with van der Waals surface area (Å²) in [7, 11) is 0. The Morgan fingerprint density at radius 3 is 2.79 bits per heavy atom. The topological polar surface area (TPSA) is 108 Å². The molecule has 1 aliphatic carbocycles. The first-order chi connectivity index (χ1) is 13.6. The Morgan fingerprint density at radius 1 is 1.14 bits per heavy atom. The van der Waals surface area contributed by atoms with Gasteiger partial charge in [0.25, 0.3) is 11.5 Å². The van der Waals surface area contributed by atoms with E-state index in [-0.39, 0.29) is 17.0 Å². The molecule has 0 aliphatic heterocycles. The molecule has 1 aliphatic rings. The van der Waals surface area contributed by atoms with Crippen LogP contribution in [0, 0.1) is 0 Å². The van der Waals surface area contributed by atoms with Crippen LogP contribution in [-0.4, -0.2) is 26.2 Å². The molecule has 3 N–H and O–H groups in total. The SMILES string of the molecule is O=C(Nc1cccc(Cc2n[nH]c(=O)c3c2CCCC3)c1)c1ncccc1O. The number of benzene rings is 1. The number of nitrogens with zero attached hydrogens (tertiary/aromatic N) is 2. The van der Waals surface area contributed by atoms with Crippen LogP contribution in [0.4, 0.5) is 5.69 Å². The number of hydrogen-bond donors (Lipinski definition) is 3. The van der Waals surface area contributed by atoms with E-state index in [1.54, 1.807) is 12.1 Å². The molecule has 3 aromatic rings. The number of fused-ring (bicyclic) bond motifs is 1. The predicted molar refractivity (Wildman–Crippen MR) is 105 cm³/mol. The lowest BCUT2D eigenvalue weighted by molar-refractivity contribution is 0.101. The summed E-state index contributed by atoms with van der Waals surface area (Å²) in [6.07, 6.45) is 5.78. The molecule has 28 heavy (non-hydrogen) atoms. The molecule has 2 aromatic heterocycles. The molecule has 1 amide bonds. The van der Waals surface area contributed by atoms with Gasteiger partial charge in [0, 0.05) is 23.9 Å². The minimum Gasteiger partial charge on any atom is -0.505 e. The number of rotatable bonds is 4. The first kappa shape index (κ1) is 17.9. The molecule has 7 nitrogen and oxygen atoms in total. The summed E-state index contributed by atoms with van der Waals surface area (Å²) in [5.74, 6) is -0.644. The summed E-state index contributed by atoms with van der Waals surface area (Å²) in [5, 5.41) is 19.4. The number of nitrogens with one attached hydrogen (secondary N) is 2. The maximum Gasteiger partial charge on any atom is 0.278 e. The molecule has 4 rings (SSSR count). The van der Waals surface area contributed by atoms with E-state index in [9.17, 15) is 14.7 Å². The molecule has 142 valence electrons. The van der Waals surface area contributed by atoms with Gasteiger partial charge in [0.05, 0.1) is 5.69 Å². The number of aromatic hydroxyl groups is 1. The zero-order valence-corrected chi connectivity index (χ0v) is 15.2. The highest BCUT2D eigenvalue weighted by Gasteiger charge is 2.18. The van der Waals surface area contributed by atoms with Crippen LogP contribution < -0.4 is 10.9 Å². The third-order valence-corrected chi connectivity index (χ3v) is 4.94.